The monoisotopic (exact) mass is 639 g/mol. The molecule has 7 nitrogen and oxygen atoms in total. The lowest BCUT2D eigenvalue weighted by molar-refractivity contribution is -0.140. The molecule has 186 valence electrons. The number of carbonyl (C=O) groups is 2. The van der Waals surface area contributed by atoms with E-state index in [-0.39, 0.29) is 12.5 Å². The molecule has 0 aliphatic rings. The van der Waals surface area contributed by atoms with Crippen LogP contribution in [0.25, 0.3) is 0 Å². The molecule has 0 bridgehead atoms. The van der Waals surface area contributed by atoms with Crippen molar-refractivity contribution in [1.29, 1.82) is 0 Å². The number of amides is 2. The molecular weight excluding hydrogens is 612 g/mol. The Balaban J connectivity index is 2.43. The lowest BCUT2D eigenvalue weighted by atomic mass is 10.1. The second kappa shape index (κ2) is 11.5. The second-order valence-electron chi connectivity index (χ2n) is 8.92. The van der Waals surface area contributed by atoms with E-state index in [9.17, 15) is 18.0 Å². The molecule has 0 aromatic heterocycles. The highest BCUT2D eigenvalue weighted by molar-refractivity contribution is 14.1. The summed E-state index contributed by atoms with van der Waals surface area (Å²) in [6, 6.07) is 10.7. The minimum absolute atomic E-state index is 0.00213. The second-order valence-corrected chi connectivity index (χ2v) is 12.9. The zero-order valence-electron chi connectivity index (χ0n) is 19.6. The van der Waals surface area contributed by atoms with E-state index in [1.807, 2.05) is 20.8 Å². The Kier molecular flexibility index (Phi) is 9.66. The van der Waals surface area contributed by atoms with Gasteiger partial charge in [0.05, 0.1) is 11.9 Å². The Morgan fingerprint density at radius 3 is 2.18 bits per heavy atom. The molecule has 2 rings (SSSR count). The van der Waals surface area contributed by atoms with E-state index >= 15 is 0 Å². The van der Waals surface area contributed by atoms with Gasteiger partial charge in [-0.15, -0.1) is 0 Å². The fourth-order valence-corrected chi connectivity index (χ4v) is 4.79. The summed E-state index contributed by atoms with van der Waals surface area (Å²) in [5, 5.41) is 3.64. The van der Waals surface area contributed by atoms with Gasteiger partial charge in [-0.1, -0.05) is 29.3 Å². The predicted molar refractivity (Wildman–Crippen MR) is 146 cm³/mol. The Bertz CT molecular complexity index is 1150. The molecule has 2 amide bonds. The van der Waals surface area contributed by atoms with Crippen LogP contribution in [0.1, 0.15) is 33.3 Å². The molecular formula is C23H28Cl2IN3O4S. The maximum atomic E-state index is 13.5. The molecule has 0 aliphatic heterocycles. The van der Waals surface area contributed by atoms with E-state index in [2.05, 4.69) is 27.9 Å². The van der Waals surface area contributed by atoms with Crippen LogP contribution in [0.2, 0.25) is 10.0 Å². The van der Waals surface area contributed by atoms with Crippen LogP contribution in [0.5, 0.6) is 0 Å². The van der Waals surface area contributed by atoms with Gasteiger partial charge in [0.1, 0.15) is 12.6 Å². The van der Waals surface area contributed by atoms with Gasteiger partial charge in [-0.2, -0.15) is 0 Å². The predicted octanol–water partition coefficient (Wildman–Crippen LogP) is 4.70. The highest BCUT2D eigenvalue weighted by Gasteiger charge is 2.31. The number of nitrogens with one attached hydrogen (secondary N) is 1. The van der Waals surface area contributed by atoms with Crippen LogP contribution in [0, 0.1) is 3.57 Å². The van der Waals surface area contributed by atoms with Gasteiger partial charge in [-0.05, 0) is 92.2 Å². The highest BCUT2D eigenvalue weighted by atomic mass is 127. The average Bonchev–Trinajstić information content (AvgIpc) is 2.69. The molecule has 34 heavy (non-hydrogen) atoms. The SMILES string of the molecule is CC(C(=O)NC(C)(C)C)N(Cc1ccc(Cl)cc1Cl)C(=O)CN(c1ccc(I)cc1)S(C)(=O)=O. The third-order valence-electron chi connectivity index (χ3n) is 4.82. The van der Waals surface area contributed by atoms with Crippen molar-refractivity contribution < 1.29 is 18.0 Å². The van der Waals surface area contributed by atoms with Gasteiger partial charge in [0, 0.05) is 25.7 Å². The van der Waals surface area contributed by atoms with Crippen LogP contribution >= 0.6 is 45.8 Å². The van der Waals surface area contributed by atoms with E-state index in [1.54, 1.807) is 49.4 Å². The third-order valence-corrected chi connectivity index (χ3v) is 7.26. The first-order valence-electron chi connectivity index (χ1n) is 10.4. The molecule has 1 N–H and O–H groups in total. The fourth-order valence-electron chi connectivity index (χ4n) is 3.11. The van der Waals surface area contributed by atoms with Crippen molar-refractivity contribution in [3.8, 4) is 0 Å². The summed E-state index contributed by atoms with van der Waals surface area (Å²) in [7, 11) is -3.78. The van der Waals surface area contributed by atoms with E-state index in [4.69, 9.17) is 23.2 Å². The Morgan fingerprint density at radius 1 is 1.09 bits per heavy atom. The summed E-state index contributed by atoms with van der Waals surface area (Å²) in [4.78, 5) is 27.8. The lowest BCUT2D eigenvalue weighted by Gasteiger charge is -2.33. The van der Waals surface area contributed by atoms with Crippen LogP contribution in [-0.4, -0.2) is 49.5 Å². The first-order chi connectivity index (χ1) is 15.6. The largest absolute Gasteiger partial charge is 0.350 e. The van der Waals surface area contributed by atoms with Crippen LogP contribution < -0.4 is 9.62 Å². The van der Waals surface area contributed by atoms with E-state index in [1.165, 1.54) is 4.90 Å². The number of anilines is 1. The standard InChI is InChI=1S/C23H28Cl2IN3O4S/c1-15(22(31)27-23(2,3)4)28(13-16-6-7-17(24)12-20(16)25)21(30)14-29(34(5,32)33)19-10-8-18(26)9-11-19/h6-12,15H,13-14H2,1-5H3,(H,27,31). The minimum Gasteiger partial charge on any atom is -0.350 e. The Labute approximate surface area is 225 Å². The summed E-state index contributed by atoms with van der Waals surface area (Å²) in [5.74, 6) is -0.919. The molecule has 1 unspecified atom stereocenters. The van der Waals surface area contributed by atoms with Gasteiger partial charge in [-0.25, -0.2) is 8.42 Å². The van der Waals surface area contributed by atoms with Crippen molar-refractivity contribution in [3.63, 3.8) is 0 Å². The van der Waals surface area contributed by atoms with Gasteiger partial charge in [0.15, 0.2) is 0 Å². The number of nitrogens with zero attached hydrogens (tertiary/aromatic N) is 2. The number of hydrogen-bond donors (Lipinski definition) is 1. The van der Waals surface area contributed by atoms with Crippen molar-refractivity contribution in [3.05, 3.63) is 61.6 Å². The maximum Gasteiger partial charge on any atom is 0.244 e. The first-order valence-corrected chi connectivity index (χ1v) is 14.1. The summed E-state index contributed by atoms with van der Waals surface area (Å²) < 4.78 is 27.1. The number of benzene rings is 2. The van der Waals surface area contributed by atoms with Gasteiger partial charge >= 0.3 is 0 Å². The van der Waals surface area contributed by atoms with Crippen molar-refractivity contribution in [1.82, 2.24) is 10.2 Å². The fraction of sp³-hybridized carbons (Fsp3) is 0.391. The zero-order valence-corrected chi connectivity index (χ0v) is 24.1. The third kappa shape index (κ3) is 8.28. The summed E-state index contributed by atoms with van der Waals surface area (Å²) in [6.45, 7) is 6.63. The molecule has 2 aromatic carbocycles. The average molecular weight is 640 g/mol. The Morgan fingerprint density at radius 2 is 1.68 bits per heavy atom. The minimum atomic E-state index is -3.78. The number of carbonyl (C=O) groups excluding carboxylic acids is 2. The number of rotatable bonds is 8. The zero-order chi connectivity index (χ0) is 25.8. The molecule has 0 spiro atoms. The van der Waals surface area contributed by atoms with Crippen LogP contribution in [0.4, 0.5) is 5.69 Å². The van der Waals surface area contributed by atoms with Gasteiger partial charge < -0.3 is 10.2 Å². The van der Waals surface area contributed by atoms with Crippen molar-refractivity contribution >= 4 is 73.3 Å². The Hall–Kier alpha value is -1.56. The van der Waals surface area contributed by atoms with Gasteiger partial charge in [0.2, 0.25) is 21.8 Å². The lowest BCUT2D eigenvalue weighted by Crippen LogP contribution is -2.54. The molecule has 2 aromatic rings. The first kappa shape index (κ1) is 28.7. The molecule has 0 saturated carbocycles. The molecule has 0 heterocycles. The molecule has 0 aliphatic carbocycles. The van der Waals surface area contributed by atoms with Crippen LogP contribution in [-0.2, 0) is 26.2 Å². The van der Waals surface area contributed by atoms with Crippen molar-refractivity contribution in [2.45, 2.75) is 45.8 Å². The number of hydrogen-bond acceptors (Lipinski definition) is 4. The quantitative estimate of drug-likeness (QED) is 0.425. The highest BCUT2D eigenvalue weighted by Crippen LogP contribution is 2.24. The normalized spacial score (nSPS) is 12.7. The maximum absolute atomic E-state index is 13.5. The molecule has 0 radical (unpaired) electrons. The van der Waals surface area contributed by atoms with E-state index in [0.717, 1.165) is 14.1 Å². The summed E-state index contributed by atoms with van der Waals surface area (Å²) >= 11 is 14.4. The van der Waals surface area contributed by atoms with E-state index in [0.29, 0.717) is 21.3 Å². The summed E-state index contributed by atoms with van der Waals surface area (Å²) in [6.07, 6.45) is 1.04. The van der Waals surface area contributed by atoms with Gasteiger partial charge in [0.25, 0.3) is 0 Å². The summed E-state index contributed by atoms with van der Waals surface area (Å²) in [5.41, 5.74) is 0.417. The van der Waals surface area contributed by atoms with Crippen molar-refractivity contribution in [2.24, 2.45) is 0 Å². The van der Waals surface area contributed by atoms with Gasteiger partial charge in [-0.3, -0.25) is 13.9 Å². The number of sulfonamides is 1. The van der Waals surface area contributed by atoms with Crippen molar-refractivity contribution in [2.75, 3.05) is 17.1 Å². The van der Waals surface area contributed by atoms with Crippen LogP contribution in [0.15, 0.2) is 42.5 Å². The molecule has 11 heteroatoms. The van der Waals surface area contributed by atoms with Crippen LogP contribution in [0.3, 0.4) is 0 Å². The smallest absolute Gasteiger partial charge is 0.244 e. The molecule has 1 atom stereocenters. The molecule has 0 fully saturated rings. The van der Waals surface area contributed by atoms with E-state index < -0.39 is 34.1 Å². The molecule has 0 saturated heterocycles. The topological polar surface area (TPSA) is 86.8 Å². The number of halogens is 3.